The van der Waals surface area contributed by atoms with Gasteiger partial charge in [-0.2, -0.15) is 0 Å². The number of hydrogen-bond donors (Lipinski definition) is 1. The van der Waals surface area contributed by atoms with E-state index in [0.717, 1.165) is 16.1 Å². The molecule has 1 atom stereocenters. The SMILES string of the molecule is Cc1cc(O)c(C2=Nc3ccccc3S[C@@H](c3ccc(F)cc3)C2)c(=O)o1. The fourth-order valence-corrected chi connectivity index (χ4v) is 4.33. The molecule has 0 aliphatic carbocycles. The summed E-state index contributed by atoms with van der Waals surface area (Å²) >= 11 is 1.60. The van der Waals surface area contributed by atoms with Crippen molar-refractivity contribution in [1.29, 1.82) is 0 Å². The normalized spacial score (nSPS) is 16.4. The van der Waals surface area contributed by atoms with Gasteiger partial charge >= 0.3 is 5.63 Å². The van der Waals surface area contributed by atoms with Crippen LogP contribution in [-0.4, -0.2) is 10.8 Å². The van der Waals surface area contributed by atoms with Crippen LogP contribution in [0.25, 0.3) is 0 Å². The zero-order chi connectivity index (χ0) is 19.0. The molecule has 1 aliphatic heterocycles. The lowest BCUT2D eigenvalue weighted by atomic mass is 10.0. The molecule has 1 aromatic heterocycles. The van der Waals surface area contributed by atoms with Crippen LogP contribution in [0.5, 0.6) is 5.75 Å². The van der Waals surface area contributed by atoms with E-state index in [1.165, 1.54) is 18.2 Å². The fraction of sp³-hybridized carbons (Fsp3) is 0.143. The summed E-state index contributed by atoms with van der Waals surface area (Å²) in [5.74, 6) is -0.117. The monoisotopic (exact) mass is 381 g/mol. The summed E-state index contributed by atoms with van der Waals surface area (Å²) < 4.78 is 18.5. The van der Waals surface area contributed by atoms with Crippen molar-refractivity contribution in [1.82, 2.24) is 0 Å². The van der Waals surface area contributed by atoms with E-state index in [0.29, 0.717) is 17.9 Å². The molecule has 0 amide bonds. The maximum absolute atomic E-state index is 13.3. The standard InChI is InChI=1S/C21H16FNO3S/c1-12-10-17(24)20(21(25)26-12)16-11-19(13-6-8-14(22)9-7-13)27-18-5-3-2-4-15(18)23-16/h2-10,19,24H,11H2,1H3/t19-/m1/s1. The van der Waals surface area contributed by atoms with Crippen molar-refractivity contribution in [2.24, 2.45) is 4.99 Å². The first-order chi connectivity index (χ1) is 13.0. The summed E-state index contributed by atoms with van der Waals surface area (Å²) in [6, 6.07) is 15.3. The minimum atomic E-state index is -0.617. The highest BCUT2D eigenvalue weighted by Crippen LogP contribution is 2.45. The van der Waals surface area contributed by atoms with E-state index >= 15 is 0 Å². The highest BCUT2D eigenvalue weighted by Gasteiger charge is 2.26. The largest absolute Gasteiger partial charge is 0.507 e. The number of fused-ring (bicyclic) bond motifs is 1. The molecule has 4 nitrogen and oxygen atoms in total. The molecule has 3 aromatic rings. The summed E-state index contributed by atoms with van der Waals surface area (Å²) in [4.78, 5) is 18.0. The van der Waals surface area contributed by atoms with Crippen LogP contribution >= 0.6 is 11.8 Å². The first-order valence-corrected chi connectivity index (χ1v) is 9.32. The highest BCUT2D eigenvalue weighted by molar-refractivity contribution is 7.99. The molecule has 2 heterocycles. The molecule has 4 rings (SSSR count). The lowest BCUT2D eigenvalue weighted by molar-refractivity contribution is 0.432. The lowest BCUT2D eigenvalue weighted by Crippen LogP contribution is -2.17. The molecule has 1 aliphatic rings. The Bertz CT molecular complexity index is 1090. The molecule has 1 N–H and O–H groups in total. The molecular formula is C21H16FNO3S. The van der Waals surface area contributed by atoms with Crippen LogP contribution in [0.1, 0.15) is 28.6 Å². The number of halogens is 1. The average Bonchev–Trinajstić information content (AvgIpc) is 2.81. The second-order valence-electron chi connectivity index (χ2n) is 6.29. The Morgan fingerprint density at radius 1 is 1.19 bits per heavy atom. The number of aryl methyl sites for hydroxylation is 1. The maximum Gasteiger partial charge on any atom is 0.348 e. The van der Waals surface area contributed by atoms with Crippen molar-refractivity contribution in [3.63, 3.8) is 0 Å². The van der Waals surface area contributed by atoms with Gasteiger partial charge in [0.15, 0.2) is 0 Å². The van der Waals surface area contributed by atoms with Gasteiger partial charge in [0, 0.05) is 22.6 Å². The van der Waals surface area contributed by atoms with Gasteiger partial charge in [0.1, 0.15) is 22.9 Å². The molecule has 27 heavy (non-hydrogen) atoms. The van der Waals surface area contributed by atoms with Crippen LogP contribution in [0, 0.1) is 12.7 Å². The molecular weight excluding hydrogens is 365 g/mol. The molecule has 0 radical (unpaired) electrons. The molecule has 0 bridgehead atoms. The van der Waals surface area contributed by atoms with E-state index in [9.17, 15) is 14.3 Å². The maximum atomic E-state index is 13.3. The van der Waals surface area contributed by atoms with E-state index in [2.05, 4.69) is 4.99 Å². The first kappa shape index (κ1) is 17.5. The van der Waals surface area contributed by atoms with E-state index in [1.54, 1.807) is 30.8 Å². The van der Waals surface area contributed by atoms with Crippen LogP contribution in [-0.2, 0) is 0 Å². The molecule has 0 spiro atoms. The smallest absolute Gasteiger partial charge is 0.348 e. The topological polar surface area (TPSA) is 62.8 Å². The van der Waals surface area contributed by atoms with Gasteiger partial charge in [0.2, 0.25) is 0 Å². The summed E-state index contributed by atoms with van der Waals surface area (Å²) in [5.41, 5.74) is 1.55. The van der Waals surface area contributed by atoms with Crippen LogP contribution in [0.2, 0.25) is 0 Å². The molecule has 2 aromatic carbocycles. The van der Waals surface area contributed by atoms with E-state index < -0.39 is 5.63 Å². The number of rotatable bonds is 2. The van der Waals surface area contributed by atoms with Crippen LogP contribution in [0.4, 0.5) is 10.1 Å². The van der Waals surface area contributed by atoms with Crippen molar-refractivity contribution >= 4 is 23.2 Å². The van der Waals surface area contributed by atoms with Gasteiger partial charge in [-0.25, -0.2) is 9.18 Å². The third kappa shape index (κ3) is 3.53. The lowest BCUT2D eigenvalue weighted by Gasteiger charge is -2.16. The van der Waals surface area contributed by atoms with Crippen molar-refractivity contribution in [3.8, 4) is 5.75 Å². The number of benzene rings is 2. The van der Waals surface area contributed by atoms with Gasteiger partial charge in [0.25, 0.3) is 0 Å². The van der Waals surface area contributed by atoms with Crippen molar-refractivity contribution in [3.05, 3.63) is 87.7 Å². The van der Waals surface area contributed by atoms with Crippen LogP contribution < -0.4 is 5.63 Å². The summed E-state index contributed by atoms with van der Waals surface area (Å²) in [6.45, 7) is 1.60. The molecule has 136 valence electrons. The Hall–Kier alpha value is -2.86. The van der Waals surface area contributed by atoms with E-state index in [4.69, 9.17) is 4.42 Å². The highest BCUT2D eigenvalue weighted by atomic mass is 32.2. The minimum absolute atomic E-state index is 0.0741. The van der Waals surface area contributed by atoms with Crippen LogP contribution in [0.3, 0.4) is 0 Å². The predicted molar refractivity (Wildman–Crippen MR) is 104 cm³/mol. The molecule has 0 saturated heterocycles. The van der Waals surface area contributed by atoms with Crippen molar-refractivity contribution in [2.75, 3.05) is 0 Å². The number of nitrogens with zero attached hydrogens (tertiary/aromatic N) is 1. The first-order valence-electron chi connectivity index (χ1n) is 8.44. The third-order valence-electron chi connectivity index (χ3n) is 4.35. The number of aromatic hydroxyl groups is 1. The Balaban J connectivity index is 1.86. The second kappa shape index (κ2) is 7.04. The summed E-state index contributed by atoms with van der Waals surface area (Å²) in [5, 5.41) is 10.3. The molecule has 6 heteroatoms. The summed E-state index contributed by atoms with van der Waals surface area (Å²) in [6.07, 6.45) is 0.395. The third-order valence-corrected chi connectivity index (χ3v) is 5.68. The van der Waals surface area contributed by atoms with Crippen LogP contribution in [0.15, 0.2) is 73.7 Å². The van der Waals surface area contributed by atoms with Crippen molar-refractivity contribution in [2.45, 2.75) is 23.5 Å². The molecule has 0 unspecified atom stereocenters. The molecule has 0 saturated carbocycles. The number of thioether (sulfide) groups is 1. The predicted octanol–water partition coefficient (Wildman–Crippen LogP) is 5.15. The second-order valence-corrected chi connectivity index (χ2v) is 7.54. The van der Waals surface area contributed by atoms with E-state index in [-0.39, 0.29) is 22.4 Å². The zero-order valence-corrected chi connectivity index (χ0v) is 15.3. The number of para-hydroxylation sites is 1. The fourth-order valence-electron chi connectivity index (χ4n) is 3.09. The summed E-state index contributed by atoms with van der Waals surface area (Å²) in [7, 11) is 0. The van der Waals surface area contributed by atoms with E-state index in [1.807, 2.05) is 24.3 Å². The Morgan fingerprint density at radius 2 is 1.93 bits per heavy atom. The number of aliphatic imine (C=N–C) groups is 1. The number of hydrogen-bond acceptors (Lipinski definition) is 5. The Morgan fingerprint density at radius 3 is 2.67 bits per heavy atom. The quantitative estimate of drug-likeness (QED) is 0.667. The Kier molecular flexibility index (Phi) is 4.58. The van der Waals surface area contributed by atoms with Gasteiger partial charge in [0.05, 0.1) is 11.4 Å². The van der Waals surface area contributed by atoms with Crippen molar-refractivity contribution < 1.29 is 13.9 Å². The van der Waals surface area contributed by atoms with Gasteiger partial charge in [-0.1, -0.05) is 24.3 Å². The Labute approximate surface area is 159 Å². The van der Waals surface area contributed by atoms with Gasteiger partial charge < -0.3 is 9.52 Å². The van der Waals surface area contributed by atoms with Gasteiger partial charge in [-0.3, -0.25) is 4.99 Å². The van der Waals surface area contributed by atoms with Gasteiger partial charge in [-0.05, 0) is 36.8 Å². The average molecular weight is 381 g/mol. The minimum Gasteiger partial charge on any atom is -0.507 e. The molecule has 0 fully saturated rings. The zero-order valence-electron chi connectivity index (χ0n) is 14.5. The van der Waals surface area contributed by atoms with Gasteiger partial charge in [-0.15, -0.1) is 11.8 Å².